The molecule has 1 aliphatic rings. The molecule has 0 bridgehead atoms. The summed E-state index contributed by atoms with van der Waals surface area (Å²) in [5.74, 6) is 2.52. The first-order chi connectivity index (χ1) is 11.2. The van der Waals surface area contributed by atoms with Crippen LogP contribution in [0.2, 0.25) is 0 Å². The average molecular weight is 451 g/mol. The van der Waals surface area contributed by atoms with Crippen molar-refractivity contribution < 1.29 is 4.42 Å². The number of hydrogen-bond donors (Lipinski definition) is 1. The minimum absolute atomic E-state index is 0. The molecule has 1 N–H and O–H groups in total. The third kappa shape index (κ3) is 6.57. The van der Waals surface area contributed by atoms with Crippen molar-refractivity contribution in [1.29, 1.82) is 0 Å². The van der Waals surface area contributed by atoms with Crippen molar-refractivity contribution in [3.63, 3.8) is 0 Å². The minimum atomic E-state index is 0. The Morgan fingerprint density at radius 1 is 1.20 bits per heavy atom. The largest absolute Gasteiger partial charge is 0.439 e. The van der Waals surface area contributed by atoms with Gasteiger partial charge in [0.15, 0.2) is 5.76 Å². The molecule has 7 heteroatoms. The molecule has 0 atom stereocenters. The Balaban J connectivity index is 0.00000156. The maximum Gasteiger partial charge on any atom is 0.209 e. The molecule has 0 aliphatic carbocycles. The van der Waals surface area contributed by atoms with E-state index in [2.05, 4.69) is 31.1 Å². The molecular weight excluding hydrogens is 425 g/mol. The third-order valence-electron chi connectivity index (χ3n) is 4.55. The van der Waals surface area contributed by atoms with Gasteiger partial charge in [-0.25, -0.2) is 4.98 Å². The number of oxazole rings is 1. The number of nitrogens with zero attached hydrogens (tertiary/aromatic N) is 2. The summed E-state index contributed by atoms with van der Waals surface area (Å²) in [5.41, 5.74) is 1.07. The van der Waals surface area contributed by atoms with E-state index in [4.69, 9.17) is 4.42 Å². The molecule has 2 heterocycles. The van der Waals surface area contributed by atoms with E-state index < -0.39 is 0 Å². The Morgan fingerprint density at radius 3 is 2.52 bits per heavy atom. The van der Waals surface area contributed by atoms with Gasteiger partial charge in [0.2, 0.25) is 5.89 Å². The van der Waals surface area contributed by atoms with E-state index in [-0.39, 0.29) is 24.8 Å². The Morgan fingerprint density at radius 2 is 1.88 bits per heavy atom. The fraction of sp³-hybridized carbons (Fsp3) is 0.500. The highest BCUT2D eigenvalue weighted by Gasteiger charge is 2.20. The number of piperidine rings is 1. The molecule has 0 unspecified atom stereocenters. The first-order valence-electron chi connectivity index (χ1n) is 8.32. The number of rotatable bonds is 6. The standard InChI is InChI=1S/C18H24BrN3O.2ClH/c1-20-9-6-14-7-10-22(11-8-14)13-18-21-12-17(23-18)15-2-4-16(19)5-3-15;;/h2-5,12,14,20H,6-11,13H2,1H3;2*1H. The van der Waals surface area contributed by atoms with Crippen LogP contribution in [0.1, 0.15) is 25.2 Å². The zero-order valence-electron chi connectivity index (χ0n) is 14.4. The molecule has 1 aromatic carbocycles. The summed E-state index contributed by atoms with van der Waals surface area (Å²) in [5, 5.41) is 3.25. The van der Waals surface area contributed by atoms with Gasteiger partial charge in [-0.1, -0.05) is 28.1 Å². The van der Waals surface area contributed by atoms with E-state index in [1.165, 1.54) is 19.3 Å². The molecule has 1 saturated heterocycles. The molecule has 0 saturated carbocycles. The predicted octanol–water partition coefficient (Wildman–Crippen LogP) is 4.77. The topological polar surface area (TPSA) is 41.3 Å². The Labute approximate surface area is 170 Å². The molecule has 0 radical (unpaired) electrons. The minimum Gasteiger partial charge on any atom is -0.439 e. The molecule has 1 fully saturated rings. The number of likely N-dealkylation sites (tertiary alicyclic amines) is 1. The van der Waals surface area contributed by atoms with Crippen molar-refractivity contribution in [2.75, 3.05) is 26.7 Å². The molecule has 3 rings (SSSR count). The van der Waals surface area contributed by atoms with Crippen LogP contribution in [-0.2, 0) is 6.54 Å². The fourth-order valence-electron chi connectivity index (χ4n) is 3.10. The van der Waals surface area contributed by atoms with Crippen molar-refractivity contribution in [2.24, 2.45) is 5.92 Å². The average Bonchev–Trinajstić information content (AvgIpc) is 3.03. The number of nitrogens with one attached hydrogen (secondary N) is 1. The van der Waals surface area contributed by atoms with E-state index in [0.29, 0.717) is 0 Å². The molecule has 0 amide bonds. The number of benzene rings is 1. The van der Waals surface area contributed by atoms with Gasteiger partial charge in [0.05, 0.1) is 12.7 Å². The zero-order valence-corrected chi connectivity index (χ0v) is 17.6. The van der Waals surface area contributed by atoms with Crippen molar-refractivity contribution in [2.45, 2.75) is 25.8 Å². The molecule has 4 nitrogen and oxygen atoms in total. The van der Waals surface area contributed by atoms with Crippen LogP contribution in [0.4, 0.5) is 0 Å². The summed E-state index contributed by atoms with van der Waals surface area (Å²) in [6.07, 6.45) is 5.68. The first-order valence-corrected chi connectivity index (χ1v) is 9.11. The summed E-state index contributed by atoms with van der Waals surface area (Å²) >= 11 is 3.45. The molecular formula is C18H26BrCl2N3O. The van der Waals surface area contributed by atoms with Crippen molar-refractivity contribution >= 4 is 40.7 Å². The number of halogens is 3. The third-order valence-corrected chi connectivity index (χ3v) is 5.08. The molecule has 1 aromatic heterocycles. The van der Waals surface area contributed by atoms with Crippen LogP contribution in [-0.4, -0.2) is 36.6 Å². The molecule has 0 spiro atoms. The lowest BCUT2D eigenvalue weighted by atomic mass is 9.93. The summed E-state index contributed by atoms with van der Waals surface area (Å²) in [7, 11) is 2.03. The second kappa shape index (κ2) is 11.2. The second-order valence-electron chi connectivity index (χ2n) is 6.24. The molecule has 25 heavy (non-hydrogen) atoms. The van der Waals surface area contributed by atoms with Gasteiger partial charge in [0.25, 0.3) is 0 Å². The highest BCUT2D eigenvalue weighted by atomic mass is 79.9. The van der Waals surface area contributed by atoms with E-state index in [9.17, 15) is 0 Å². The van der Waals surface area contributed by atoms with Crippen LogP contribution in [0.3, 0.4) is 0 Å². The quantitative estimate of drug-likeness (QED) is 0.688. The van der Waals surface area contributed by atoms with Crippen LogP contribution in [0.15, 0.2) is 39.4 Å². The van der Waals surface area contributed by atoms with Gasteiger partial charge in [0, 0.05) is 10.0 Å². The zero-order chi connectivity index (χ0) is 16.1. The van der Waals surface area contributed by atoms with Crippen LogP contribution < -0.4 is 5.32 Å². The Kier molecular flexibility index (Phi) is 10.1. The lowest BCUT2D eigenvalue weighted by Gasteiger charge is -2.31. The van der Waals surface area contributed by atoms with E-state index in [1.807, 2.05) is 37.5 Å². The summed E-state index contributed by atoms with van der Waals surface area (Å²) < 4.78 is 7.00. The highest BCUT2D eigenvalue weighted by molar-refractivity contribution is 9.10. The van der Waals surface area contributed by atoms with Gasteiger partial charge in [-0.2, -0.15) is 0 Å². The monoisotopic (exact) mass is 449 g/mol. The van der Waals surface area contributed by atoms with Gasteiger partial charge in [-0.05, 0) is 64.0 Å². The molecule has 140 valence electrons. The highest BCUT2D eigenvalue weighted by Crippen LogP contribution is 2.25. The maximum absolute atomic E-state index is 5.93. The smallest absolute Gasteiger partial charge is 0.209 e. The Bertz CT molecular complexity index is 613. The van der Waals surface area contributed by atoms with Crippen molar-refractivity contribution in [3.05, 3.63) is 40.8 Å². The van der Waals surface area contributed by atoms with Crippen LogP contribution in [0.5, 0.6) is 0 Å². The van der Waals surface area contributed by atoms with Gasteiger partial charge < -0.3 is 9.73 Å². The van der Waals surface area contributed by atoms with Crippen LogP contribution in [0.25, 0.3) is 11.3 Å². The lowest BCUT2D eigenvalue weighted by molar-refractivity contribution is 0.160. The van der Waals surface area contributed by atoms with Crippen molar-refractivity contribution in [1.82, 2.24) is 15.2 Å². The van der Waals surface area contributed by atoms with Crippen LogP contribution >= 0.6 is 40.7 Å². The molecule has 2 aromatic rings. The second-order valence-corrected chi connectivity index (χ2v) is 7.15. The van der Waals surface area contributed by atoms with Crippen molar-refractivity contribution in [3.8, 4) is 11.3 Å². The van der Waals surface area contributed by atoms with Crippen LogP contribution in [0, 0.1) is 5.92 Å². The fourth-order valence-corrected chi connectivity index (χ4v) is 3.37. The maximum atomic E-state index is 5.93. The first kappa shape index (κ1) is 22.5. The van der Waals surface area contributed by atoms with Gasteiger partial charge in [-0.15, -0.1) is 24.8 Å². The Hall–Kier alpha value is -0.590. The number of aromatic nitrogens is 1. The van der Waals surface area contributed by atoms with E-state index in [0.717, 1.165) is 53.8 Å². The van der Waals surface area contributed by atoms with Gasteiger partial charge in [-0.3, -0.25) is 4.90 Å². The van der Waals surface area contributed by atoms with E-state index >= 15 is 0 Å². The summed E-state index contributed by atoms with van der Waals surface area (Å²) in [4.78, 5) is 6.90. The lowest BCUT2D eigenvalue weighted by Crippen LogP contribution is -2.34. The summed E-state index contributed by atoms with van der Waals surface area (Å²) in [6, 6.07) is 8.13. The van der Waals surface area contributed by atoms with Gasteiger partial charge in [0.1, 0.15) is 0 Å². The molecule has 1 aliphatic heterocycles. The van der Waals surface area contributed by atoms with E-state index in [1.54, 1.807) is 0 Å². The SMILES string of the molecule is CNCCC1CCN(Cc2ncc(-c3ccc(Br)cc3)o2)CC1.Cl.Cl. The number of hydrogen-bond acceptors (Lipinski definition) is 4. The van der Waals surface area contributed by atoms with Gasteiger partial charge >= 0.3 is 0 Å². The summed E-state index contributed by atoms with van der Waals surface area (Å²) in [6.45, 7) is 4.23. The predicted molar refractivity (Wildman–Crippen MR) is 111 cm³/mol. The normalized spacial score (nSPS) is 15.4.